The zero-order chi connectivity index (χ0) is 21.4. The van der Waals surface area contributed by atoms with Crippen LogP contribution < -0.4 is 4.90 Å². The van der Waals surface area contributed by atoms with Crippen molar-refractivity contribution in [2.45, 2.75) is 50.9 Å². The maximum Gasteiger partial charge on any atom is 0.269 e. The van der Waals surface area contributed by atoms with Gasteiger partial charge in [0.1, 0.15) is 5.82 Å². The average Bonchev–Trinajstić information content (AvgIpc) is 3.55. The summed E-state index contributed by atoms with van der Waals surface area (Å²) in [7, 11) is 0. The molecular formula is C22H24N6O3. The molecule has 1 saturated carbocycles. The monoisotopic (exact) mass is 420 g/mol. The molecule has 1 aliphatic heterocycles. The third kappa shape index (κ3) is 4.12. The highest BCUT2D eigenvalue weighted by Crippen LogP contribution is 2.40. The second kappa shape index (κ2) is 8.05. The Bertz CT molecular complexity index is 1080. The van der Waals surface area contributed by atoms with E-state index in [1.165, 1.54) is 12.1 Å². The molecule has 9 heteroatoms. The quantitative estimate of drug-likeness (QED) is 0.430. The summed E-state index contributed by atoms with van der Waals surface area (Å²) in [5, 5.41) is 15.2. The van der Waals surface area contributed by atoms with Gasteiger partial charge in [-0.15, -0.1) is 0 Å². The third-order valence-corrected chi connectivity index (χ3v) is 6.03. The van der Waals surface area contributed by atoms with Crippen LogP contribution in [0, 0.1) is 10.1 Å². The standard InChI is InChI=1S/C22H24N6O3/c1-2-17-13-19(24-20(23-17)14-5-7-18(8-6-14)28(29)30)27-11-9-15(10-12-27)21-25-22(31-26-21)16-3-4-16/h5-8,13,15-16H,2-4,9-12H2,1H3. The molecule has 3 aromatic rings. The number of non-ortho nitro benzene ring substituents is 1. The molecule has 0 N–H and O–H groups in total. The van der Waals surface area contributed by atoms with Gasteiger partial charge in [-0.2, -0.15) is 4.98 Å². The first-order valence-electron chi connectivity index (χ1n) is 10.8. The van der Waals surface area contributed by atoms with Crippen molar-refractivity contribution in [2.24, 2.45) is 0 Å². The smallest absolute Gasteiger partial charge is 0.269 e. The van der Waals surface area contributed by atoms with Crippen LogP contribution in [0.3, 0.4) is 0 Å². The summed E-state index contributed by atoms with van der Waals surface area (Å²) in [4.78, 5) is 26.8. The minimum absolute atomic E-state index is 0.0593. The summed E-state index contributed by atoms with van der Waals surface area (Å²) in [5.41, 5.74) is 1.79. The SMILES string of the molecule is CCc1cc(N2CCC(c3noc(C4CC4)n3)CC2)nc(-c2ccc([N+](=O)[O-])cc2)n1. The summed E-state index contributed by atoms with van der Waals surface area (Å²) in [6.45, 7) is 3.78. The number of rotatable bonds is 6. The van der Waals surface area contributed by atoms with Gasteiger partial charge in [0.15, 0.2) is 11.6 Å². The molecule has 5 rings (SSSR count). The third-order valence-electron chi connectivity index (χ3n) is 6.03. The zero-order valence-corrected chi connectivity index (χ0v) is 17.4. The van der Waals surface area contributed by atoms with Gasteiger partial charge in [-0.05, 0) is 44.2 Å². The highest BCUT2D eigenvalue weighted by molar-refractivity contribution is 5.60. The maximum absolute atomic E-state index is 10.9. The minimum Gasteiger partial charge on any atom is -0.356 e. The molecule has 0 radical (unpaired) electrons. The number of aromatic nitrogens is 4. The summed E-state index contributed by atoms with van der Waals surface area (Å²) in [6.07, 6.45) is 5.00. The number of aryl methyl sites for hydroxylation is 1. The van der Waals surface area contributed by atoms with E-state index in [0.717, 1.165) is 74.0 Å². The van der Waals surface area contributed by atoms with Crippen LogP contribution >= 0.6 is 0 Å². The molecule has 2 aliphatic rings. The summed E-state index contributed by atoms with van der Waals surface area (Å²) >= 11 is 0. The Labute approximate surface area is 179 Å². The van der Waals surface area contributed by atoms with Crippen LogP contribution in [0.4, 0.5) is 11.5 Å². The van der Waals surface area contributed by atoms with Crippen LogP contribution in [0.5, 0.6) is 0 Å². The molecule has 9 nitrogen and oxygen atoms in total. The topological polar surface area (TPSA) is 111 Å². The Morgan fingerprint density at radius 3 is 2.45 bits per heavy atom. The summed E-state index contributed by atoms with van der Waals surface area (Å²) in [5.74, 6) is 3.92. The second-order valence-electron chi connectivity index (χ2n) is 8.23. The van der Waals surface area contributed by atoms with Gasteiger partial charge in [-0.25, -0.2) is 9.97 Å². The highest BCUT2D eigenvalue weighted by atomic mass is 16.6. The van der Waals surface area contributed by atoms with E-state index in [1.807, 2.05) is 6.07 Å². The molecule has 0 bridgehead atoms. The lowest BCUT2D eigenvalue weighted by molar-refractivity contribution is -0.384. The molecule has 160 valence electrons. The van der Waals surface area contributed by atoms with E-state index in [9.17, 15) is 10.1 Å². The number of nitro groups is 1. The van der Waals surface area contributed by atoms with Crippen molar-refractivity contribution in [3.8, 4) is 11.4 Å². The average molecular weight is 420 g/mol. The number of anilines is 1. The number of nitro benzene ring substituents is 1. The van der Waals surface area contributed by atoms with Crippen LogP contribution in [-0.2, 0) is 6.42 Å². The normalized spacial score (nSPS) is 17.1. The van der Waals surface area contributed by atoms with Crippen LogP contribution in [0.15, 0.2) is 34.9 Å². The predicted molar refractivity (Wildman–Crippen MR) is 114 cm³/mol. The van der Waals surface area contributed by atoms with E-state index in [0.29, 0.717) is 17.7 Å². The molecule has 2 fully saturated rings. The summed E-state index contributed by atoms with van der Waals surface area (Å²) < 4.78 is 5.43. The molecule has 0 amide bonds. The van der Waals surface area contributed by atoms with Crippen LogP contribution in [-0.4, -0.2) is 38.1 Å². The Kier molecular flexibility index (Phi) is 5.09. The largest absolute Gasteiger partial charge is 0.356 e. The first kappa shape index (κ1) is 19.6. The van der Waals surface area contributed by atoms with Crippen molar-refractivity contribution in [1.82, 2.24) is 20.1 Å². The molecule has 0 atom stereocenters. The van der Waals surface area contributed by atoms with Crippen molar-refractivity contribution < 1.29 is 9.45 Å². The van der Waals surface area contributed by atoms with Gasteiger partial charge < -0.3 is 9.42 Å². The second-order valence-corrected chi connectivity index (χ2v) is 8.23. The Hall–Kier alpha value is -3.36. The first-order chi connectivity index (χ1) is 15.1. The molecule has 31 heavy (non-hydrogen) atoms. The number of hydrogen-bond donors (Lipinski definition) is 0. The van der Waals surface area contributed by atoms with E-state index < -0.39 is 4.92 Å². The number of hydrogen-bond acceptors (Lipinski definition) is 8. The fourth-order valence-electron chi connectivity index (χ4n) is 3.96. The van der Waals surface area contributed by atoms with E-state index in [2.05, 4.69) is 26.9 Å². The van der Waals surface area contributed by atoms with Gasteiger partial charge in [-0.1, -0.05) is 12.1 Å². The van der Waals surface area contributed by atoms with E-state index in [4.69, 9.17) is 9.51 Å². The van der Waals surface area contributed by atoms with Crippen molar-refractivity contribution in [3.05, 3.63) is 57.9 Å². The minimum atomic E-state index is -0.403. The van der Waals surface area contributed by atoms with E-state index in [-0.39, 0.29) is 5.69 Å². The molecular weight excluding hydrogens is 396 g/mol. The van der Waals surface area contributed by atoms with Crippen molar-refractivity contribution in [3.63, 3.8) is 0 Å². The van der Waals surface area contributed by atoms with Crippen LogP contribution in [0.2, 0.25) is 0 Å². The van der Waals surface area contributed by atoms with Crippen molar-refractivity contribution in [2.75, 3.05) is 18.0 Å². The van der Waals surface area contributed by atoms with Gasteiger partial charge in [0.05, 0.1) is 4.92 Å². The highest BCUT2D eigenvalue weighted by Gasteiger charge is 2.32. The first-order valence-corrected chi connectivity index (χ1v) is 10.8. The maximum atomic E-state index is 10.9. The number of nitrogens with zero attached hydrogens (tertiary/aromatic N) is 6. The molecule has 0 unspecified atom stereocenters. The molecule has 2 aromatic heterocycles. The van der Waals surface area contributed by atoms with Gasteiger partial charge in [0.25, 0.3) is 5.69 Å². The van der Waals surface area contributed by atoms with Crippen molar-refractivity contribution >= 4 is 11.5 Å². The molecule has 1 saturated heterocycles. The Balaban J connectivity index is 1.32. The zero-order valence-electron chi connectivity index (χ0n) is 17.4. The fourth-order valence-corrected chi connectivity index (χ4v) is 3.96. The van der Waals surface area contributed by atoms with Crippen LogP contribution in [0.1, 0.15) is 61.9 Å². The predicted octanol–water partition coefficient (Wildman–Crippen LogP) is 4.26. The fraction of sp³-hybridized carbons (Fsp3) is 0.455. The van der Waals surface area contributed by atoms with Gasteiger partial charge in [0.2, 0.25) is 5.89 Å². The van der Waals surface area contributed by atoms with E-state index in [1.54, 1.807) is 12.1 Å². The Morgan fingerprint density at radius 2 is 1.81 bits per heavy atom. The lowest BCUT2D eigenvalue weighted by atomic mass is 9.96. The molecule has 1 aliphatic carbocycles. The number of piperidine rings is 1. The summed E-state index contributed by atoms with van der Waals surface area (Å²) in [6, 6.07) is 8.43. The molecule has 3 heterocycles. The van der Waals surface area contributed by atoms with Crippen LogP contribution in [0.25, 0.3) is 11.4 Å². The molecule has 0 spiro atoms. The lowest BCUT2D eigenvalue weighted by Crippen LogP contribution is -2.34. The molecule has 1 aromatic carbocycles. The Morgan fingerprint density at radius 1 is 1.06 bits per heavy atom. The van der Waals surface area contributed by atoms with Gasteiger partial charge >= 0.3 is 0 Å². The lowest BCUT2D eigenvalue weighted by Gasteiger charge is -2.31. The number of benzene rings is 1. The van der Waals surface area contributed by atoms with E-state index >= 15 is 0 Å². The van der Waals surface area contributed by atoms with Gasteiger partial charge in [-0.3, -0.25) is 10.1 Å². The van der Waals surface area contributed by atoms with Crippen molar-refractivity contribution in [1.29, 1.82) is 0 Å². The van der Waals surface area contributed by atoms with Gasteiger partial charge in [0, 0.05) is 54.4 Å².